The van der Waals surface area contributed by atoms with E-state index < -0.39 is 12.0 Å². The van der Waals surface area contributed by atoms with Crippen LogP contribution in [0.5, 0.6) is 0 Å². The maximum absolute atomic E-state index is 14.0. The monoisotopic (exact) mass is 652 g/mol. The number of halogens is 2. The topological polar surface area (TPSA) is 158 Å². The molecule has 3 aromatic carbocycles. The van der Waals surface area contributed by atoms with Crippen LogP contribution in [0.1, 0.15) is 65.8 Å². The van der Waals surface area contributed by atoms with E-state index in [1.165, 1.54) is 0 Å². The summed E-state index contributed by atoms with van der Waals surface area (Å²) in [6.07, 6.45) is 5.43. The molecule has 1 aliphatic rings. The van der Waals surface area contributed by atoms with Crippen LogP contribution >= 0.6 is 28.3 Å². The molecule has 1 fully saturated rings. The molecule has 0 radical (unpaired) electrons. The highest BCUT2D eigenvalue weighted by molar-refractivity contribution is 9.10. The predicted molar refractivity (Wildman–Crippen MR) is 173 cm³/mol. The zero-order chi connectivity index (χ0) is 29.4. The number of amides is 2. The van der Waals surface area contributed by atoms with E-state index in [2.05, 4.69) is 26.6 Å². The van der Waals surface area contributed by atoms with E-state index in [9.17, 15) is 9.59 Å². The SMILES string of the molecule is Cl.N=C(N)c1ccc(CNC(=O)[C@@H](NC(=O)C(Cc2ccc(C(=N)N)cc2)c2ccc(Br)cc2)C2CCCCC2)cc1. The number of benzene rings is 3. The minimum absolute atomic E-state index is 0. The second-order valence-corrected chi connectivity index (χ2v) is 11.5. The summed E-state index contributed by atoms with van der Waals surface area (Å²) in [5.74, 6) is -0.844. The number of hydrogen-bond acceptors (Lipinski definition) is 4. The number of nitrogen functional groups attached to an aromatic ring is 2. The fourth-order valence-electron chi connectivity index (χ4n) is 5.33. The molecule has 1 aliphatic carbocycles. The summed E-state index contributed by atoms with van der Waals surface area (Å²) in [6.45, 7) is 0.314. The van der Waals surface area contributed by atoms with Crippen LogP contribution < -0.4 is 22.1 Å². The predicted octanol–water partition coefficient (Wildman–Crippen LogP) is 5.15. The highest BCUT2D eigenvalue weighted by Gasteiger charge is 2.33. The van der Waals surface area contributed by atoms with Gasteiger partial charge >= 0.3 is 0 Å². The molecule has 42 heavy (non-hydrogen) atoms. The van der Waals surface area contributed by atoms with Crippen molar-refractivity contribution in [2.45, 2.75) is 57.0 Å². The Morgan fingerprint density at radius 1 is 0.786 bits per heavy atom. The van der Waals surface area contributed by atoms with E-state index in [1.807, 2.05) is 48.5 Å². The molecule has 0 spiro atoms. The third-order valence-electron chi connectivity index (χ3n) is 7.73. The van der Waals surface area contributed by atoms with Gasteiger partial charge in [0, 0.05) is 22.1 Å². The van der Waals surface area contributed by atoms with Crippen LogP contribution in [-0.2, 0) is 22.6 Å². The summed E-state index contributed by atoms with van der Waals surface area (Å²) in [5.41, 5.74) is 15.1. The van der Waals surface area contributed by atoms with Gasteiger partial charge in [-0.3, -0.25) is 20.4 Å². The van der Waals surface area contributed by atoms with Gasteiger partial charge in [-0.25, -0.2) is 0 Å². The Morgan fingerprint density at radius 2 is 1.31 bits per heavy atom. The smallest absolute Gasteiger partial charge is 0.243 e. The third-order valence-corrected chi connectivity index (χ3v) is 8.26. The number of rotatable bonds is 11. The lowest BCUT2D eigenvalue weighted by atomic mass is 9.82. The molecule has 4 rings (SSSR count). The molecule has 0 aliphatic heterocycles. The summed E-state index contributed by atoms with van der Waals surface area (Å²) in [6, 6.07) is 21.6. The van der Waals surface area contributed by atoms with Crippen molar-refractivity contribution in [3.63, 3.8) is 0 Å². The summed E-state index contributed by atoms with van der Waals surface area (Å²) in [4.78, 5) is 27.5. The Morgan fingerprint density at radius 3 is 1.83 bits per heavy atom. The maximum atomic E-state index is 14.0. The number of carbonyl (C=O) groups excluding carboxylic acids is 2. The largest absolute Gasteiger partial charge is 0.384 e. The van der Waals surface area contributed by atoms with E-state index in [0.717, 1.165) is 53.3 Å². The second kappa shape index (κ2) is 15.5. The highest BCUT2D eigenvalue weighted by atomic mass is 79.9. The normalized spacial score (nSPS) is 14.6. The van der Waals surface area contributed by atoms with Gasteiger partial charge in [0.05, 0.1) is 5.92 Å². The van der Waals surface area contributed by atoms with Gasteiger partial charge in [-0.2, -0.15) is 0 Å². The first-order valence-electron chi connectivity index (χ1n) is 13.9. The molecule has 0 aromatic heterocycles. The van der Waals surface area contributed by atoms with Gasteiger partial charge in [-0.05, 0) is 54.0 Å². The van der Waals surface area contributed by atoms with E-state index >= 15 is 0 Å². The van der Waals surface area contributed by atoms with E-state index in [0.29, 0.717) is 24.1 Å². The molecular weight excluding hydrogens is 616 g/mol. The molecule has 3 aromatic rings. The first kappa shape index (κ1) is 32.8. The van der Waals surface area contributed by atoms with Gasteiger partial charge in [0.2, 0.25) is 11.8 Å². The lowest BCUT2D eigenvalue weighted by Gasteiger charge is -2.31. The van der Waals surface area contributed by atoms with E-state index in [-0.39, 0.29) is 41.8 Å². The van der Waals surface area contributed by atoms with Crippen LogP contribution in [0.2, 0.25) is 0 Å². The Kier molecular flexibility index (Phi) is 12.1. The van der Waals surface area contributed by atoms with Gasteiger partial charge < -0.3 is 22.1 Å². The number of carbonyl (C=O) groups is 2. The Hall–Kier alpha value is -3.69. The van der Waals surface area contributed by atoms with Crippen molar-refractivity contribution in [1.82, 2.24) is 10.6 Å². The van der Waals surface area contributed by atoms with Gasteiger partial charge in [0.25, 0.3) is 0 Å². The molecule has 8 nitrogen and oxygen atoms in total. The van der Waals surface area contributed by atoms with Crippen LogP contribution in [-0.4, -0.2) is 29.5 Å². The number of nitrogens with two attached hydrogens (primary N) is 2. The molecule has 8 N–H and O–H groups in total. The second-order valence-electron chi connectivity index (χ2n) is 10.6. The minimum Gasteiger partial charge on any atom is -0.384 e. The van der Waals surface area contributed by atoms with E-state index in [1.54, 1.807) is 24.3 Å². The lowest BCUT2D eigenvalue weighted by Crippen LogP contribution is -2.52. The first-order chi connectivity index (χ1) is 19.7. The van der Waals surface area contributed by atoms with Crippen molar-refractivity contribution in [3.8, 4) is 0 Å². The zero-order valence-corrected chi connectivity index (χ0v) is 25.8. The van der Waals surface area contributed by atoms with Crippen molar-refractivity contribution in [2.75, 3.05) is 0 Å². The lowest BCUT2D eigenvalue weighted by molar-refractivity contribution is -0.131. The summed E-state index contributed by atoms with van der Waals surface area (Å²) in [7, 11) is 0. The third kappa shape index (κ3) is 8.90. The average molecular weight is 654 g/mol. The van der Waals surface area contributed by atoms with Crippen LogP contribution in [0.3, 0.4) is 0 Å². The van der Waals surface area contributed by atoms with Crippen molar-refractivity contribution in [3.05, 3.63) is 105 Å². The molecule has 2 amide bonds. The fraction of sp³-hybridized carbons (Fsp3) is 0.312. The van der Waals surface area contributed by atoms with Crippen LogP contribution in [0, 0.1) is 16.7 Å². The summed E-state index contributed by atoms with van der Waals surface area (Å²) in [5, 5.41) is 21.4. The van der Waals surface area contributed by atoms with Crippen molar-refractivity contribution in [1.29, 1.82) is 10.8 Å². The molecule has 10 heteroatoms. The average Bonchev–Trinajstić information content (AvgIpc) is 2.98. The Bertz CT molecular complexity index is 1370. The molecule has 222 valence electrons. The number of nitrogens with one attached hydrogen (secondary N) is 4. The standard InChI is InChI=1S/C32H37BrN6O2.ClH/c33-26-16-14-22(15-17-26)27(18-20-6-10-24(11-7-20)29(34)35)31(40)39-28(23-4-2-1-3-5-23)32(41)38-19-21-8-12-25(13-9-21)30(36)37;/h6-17,23,27-28H,1-5,18-19H2,(H3,34,35)(H3,36,37)(H,38,41)(H,39,40);1H/t27?,28-;/m0./s1. The molecule has 0 saturated heterocycles. The maximum Gasteiger partial charge on any atom is 0.243 e. The van der Waals surface area contributed by atoms with Gasteiger partial charge in [0.1, 0.15) is 17.7 Å². The van der Waals surface area contributed by atoms with E-state index in [4.69, 9.17) is 22.3 Å². The molecule has 1 unspecified atom stereocenters. The zero-order valence-electron chi connectivity index (χ0n) is 23.4. The summed E-state index contributed by atoms with van der Waals surface area (Å²) < 4.78 is 0.919. The van der Waals surface area contributed by atoms with Crippen molar-refractivity contribution in [2.24, 2.45) is 17.4 Å². The quantitative estimate of drug-likeness (QED) is 0.125. The molecular formula is C32H38BrClN6O2. The van der Waals surface area contributed by atoms with Crippen LogP contribution in [0.25, 0.3) is 0 Å². The highest BCUT2D eigenvalue weighted by Crippen LogP contribution is 2.29. The Labute approximate surface area is 261 Å². The number of amidine groups is 2. The van der Waals surface area contributed by atoms with Crippen LogP contribution in [0.4, 0.5) is 0 Å². The van der Waals surface area contributed by atoms with Crippen LogP contribution in [0.15, 0.2) is 77.3 Å². The molecule has 2 atom stereocenters. The number of hydrogen-bond donors (Lipinski definition) is 6. The fourth-order valence-corrected chi connectivity index (χ4v) is 5.60. The van der Waals surface area contributed by atoms with Gasteiger partial charge in [-0.15, -0.1) is 12.4 Å². The van der Waals surface area contributed by atoms with Gasteiger partial charge in [0.15, 0.2) is 0 Å². The van der Waals surface area contributed by atoms with Gasteiger partial charge in [-0.1, -0.05) is 95.9 Å². The first-order valence-corrected chi connectivity index (χ1v) is 14.7. The molecule has 1 saturated carbocycles. The van der Waals surface area contributed by atoms with Crippen molar-refractivity contribution >= 4 is 51.8 Å². The van der Waals surface area contributed by atoms with Crippen molar-refractivity contribution < 1.29 is 9.59 Å². The molecule has 0 bridgehead atoms. The Balaban J connectivity index is 0.00000484. The summed E-state index contributed by atoms with van der Waals surface area (Å²) >= 11 is 3.48. The minimum atomic E-state index is -0.641. The molecule has 0 heterocycles.